The molecule has 0 aliphatic rings. The predicted octanol–water partition coefficient (Wildman–Crippen LogP) is 6.75. The number of hydrogen-bond donors (Lipinski definition) is 2. The fourth-order valence-corrected chi connectivity index (χ4v) is 4.57. The van der Waals surface area contributed by atoms with Gasteiger partial charge >= 0.3 is 0 Å². The van der Waals surface area contributed by atoms with Crippen molar-refractivity contribution in [3.63, 3.8) is 0 Å². The summed E-state index contributed by atoms with van der Waals surface area (Å²) in [4.78, 5) is 4.83. The van der Waals surface area contributed by atoms with Crippen LogP contribution in [0.25, 0.3) is 0 Å². The molecule has 0 aliphatic heterocycles. The predicted molar refractivity (Wildman–Crippen MR) is 152 cm³/mol. The van der Waals surface area contributed by atoms with E-state index in [1.807, 2.05) is 61.5 Å². The van der Waals surface area contributed by atoms with Crippen LogP contribution in [0.5, 0.6) is 17.2 Å². The second-order valence-electron chi connectivity index (χ2n) is 11.6. The van der Waals surface area contributed by atoms with Crippen LogP contribution in [0.2, 0.25) is 0 Å². The van der Waals surface area contributed by atoms with Crippen molar-refractivity contribution in [1.82, 2.24) is 0 Å². The number of rotatable bonds is 7. The third-order valence-electron chi connectivity index (χ3n) is 6.89. The van der Waals surface area contributed by atoms with Gasteiger partial charge in [-0.25, -0.2) is 0 Å². The van der Waals surface area contributed by atoms with E-state index in [1.165, 1.54) is 0 Å². The van der Waals surface area contributed by atoms with E-state index in [0.29, 0.717) is 28.2 Å². The lowest BCUT2D eigenvalue weighted by Gasteiger charge is -2.35. The first-order chi connectivity index (χ1) is 17.2. The van der Waals surface area contributed by atoms with Crippen LogP contribution in [-0.2, 0) is 16.4 Å². The van der Waals surface area contributed by atoms with Crippen LogP contribution in [0.15, 0.2) is 65.7 Å². The Bertz CT molecular complexity index is 1220. The number of para-hydroxylation sites is 2. The van der Waals surface area contributed by atoms with Gasteiger partial charge in [-0.3, -0.25) is 4.99 Å². The Morgan fingerprint density at radius 1 is 0.757 bits per heavy atom. The van der Waals surface area contributed by atoms with E-state index in [4.69, 9.17) is 14.5 Å². The standard InChI is InChI=1S/C32H41NO4/c1-21(33-20-22-18-23(30(2,3)4)19-26(29(22)34)31(5,6)7)32(35,24-14-10-12-16-27(24)36-8)25-15-11-13-17-28(25)37-9/h10-21,34-35H,1-9H3. The molecule has 198 valence electrons. The smallest absolute Gasteiger partial charge is 0.144 e. The van der Waals surface area contributed by atoms with Crippen molar-refractivity contribution in [2.24, 2.45) is 4.99 Å². The van der Waals surface area contributed by atoms with Crippen molar-refractivity contribution < 1.29 is 19.7 Å². The van der Waals surface area contributed by atoms with Crippen molar-refractivity contribution in [2.45, 2.75) is 70.9 Å². The van der Waals surface area contributed by atoms with Gasteiger partial charge in [0.05, 0.1) is 20.3 Å². The molecule has 37 heavy (non-hydrogen) atoms. The van der Waals surface area contributed by atoms with E-state index in [1.54, 1.807) is 20.4 Å². The van der Waals surface area contributed by atoms with Crippen molar-refractivity contribution in [1.29, 1.82) is 0 Å². The average Bonchev–Trinajstić information content (AvgIpc) is 2.85. The molecule has 2 N–H and O–H groups in total. The van der Waals surface area contributed by atoms with Gasteiger partial charge in [-0.15, -0.1) is 0 Å². The molecular formula is C32H41NO4. The summed E-state index contributed by atoms with van der Waals surface area (Å²) in [5.74, 6) is 1.30. The lowest BCUT2D eigenvalue weighted by Crippen LogP contribution is -2.38. The molecule has 0 heterocycles. The molecule has 0 amide bonds. The third-order valence-corrected chi connectivity index (χ3v) is 6.89. The van der Waals surface area contributed by atoms with E-state index < -0.39 is 11.6 Å². The minimum atomic E-state index is -1.57. The Morgan fingerprint density at radius 2 is 1.24 bits per heavy atom. The summed E-state index contributed by atoms with van der Waals surface area (Å²) < 4.78 is 11.3. The summed E-state index contributed by atoms with van der Waals surface area (Å²) in [6.07, 6.45) is 1.67. The highest BCUT2D eigenvalue weighted by Crippen LogP contribution is 2.43. The summed E-state index contributed by atoms with van der Waals surface area (Å²) in [6, 6.07) is 18.2. The van der Waals surface area contributed by atoms with Crippen LogP contribution in [-0.4, -0.2) is 36.7 Å². The zero-order chi connectivity index (χ0) is 27.6. The normalized spacial score (nSPS) is 13.6. The first kappa shape index (κ1) is 28.3. The molecule has 3 aromatic rings. The second kappa shape index (κ2) is 10.6. The van der Waals surface area contributed by atoms with E-state index >= 15 is 0 Å². The number of nitrogens with zero attached hydrogens (tertiary/aromatic N) is 1. The van der Waals surface area contributed by atoms with Gasteiger partial charge in [-0.2, -0.15) is 0 Å². The number of hydrogen-bond acceptors (Lipinski definition) is 5. The lowest BCUT2D eigenvalue weighted by atomic mass is 9.78. The molecule has 0 radical (unpaired) electrons. The molecule has 1 atom stereocenters. The lowest BCUT2D eigenvalue weighted by molar-refractivity contribution is 0.0538. The zero-order valence-corrected chi connectivity index (χ0v) is 23.6. The number of methoxy groups -OCH3 is 2. The number of phenolic OH excluding ortho intramolecular Hbond substituents is 1. The maximum absolute atomic E-state index is 12.4. The molecule has 0 aromatic heterocycles. The third kappa shape index (κ3) is 5.67. The molecule has 3 aromatic carbocycles. The molecule has 3 rings (SSSR count). The molecular weight excluding hydrogens is 462 g/mol. The minimum Gasteiger partial charge on any atom is -0.507 e. The number of aliphatic hydroxyl groups is 1. The Kier molecular flexibility index (Phi) is 8.09. The van der Waals surface area contributed by atoms with Gasteiger partial charge in [0.15, 0.2) is 0 Å². The molecule has 5 nitrogen and oxygen atoms in total. The molecule has 5 heteroatoms. The van der Waals surface area contributed by atoms with Gasteiger partial charge in [0.1, 0.15) is 22.8 Å². The monoisotopic (exact) mass is 503 g/mol. The Hall–Kier alpha value is -3.31. The van der Waals surface area contributed by atoms with E-state index in [9.17, 15) is 10.2 Å². The van der Waals surface area contributed by atoms with Gasteiger partial charge in [0, 0.05) is 28.5 Å². The Labute approximate surface area is 221 Å². The van der Waals surface area contributed by atoms with Crippen molar-refractivity contribution >= 4 is 6.21 Å². The summed E-state index contributed by atoms with van der Waals surface area (Å²) in [6.45, 7) is 14.6. The SMILES string of the molecule is COc1ccccc1C(O)(c1ccccc1OC)C(C)N=Cc1cc(C(C)(C)C)cc(C(C)(C)C)c1O. The largest absolute Gasteiger partial charge is 0.507 e. The van der Waals surface area contributed by atoms with Crippen LogP contribution in [0.3, 0.4) is 0 Å². The van der Waals surface area contributed by atoms with Crippen LogP contribution in [0, 0.1) is 0 Å². The summed E-state index contributed by atoms with van der Waals surface area (Å²) in [5.41, 5.74) is 1.80. The van der Waals surface area contributed by atoms with Crippen LogP contribution in [0.1, 0.15) is 76.3 Å². The number of benzene rings is 3. The topological polar surface area (TPSA) is 71.3 Å². The molecule has 0 saturated carbocycles. The van der Waals surface area contributed by atoms with Crippen molar-refractivity contribution in [3.8, 4) is 17.2 Å². The van der Waals surface area contributed by atoms with Gasteiger partial charge in [0.2, 0.25) is 0 Å². The van der Waals surface area contributed by atoms with E-state index in [-0.39, 0.29) is 16.6 Å². The number of phenols is 1. The maximum Gasteiger partial charge on any atom is 0.144 e. The van der Waals surface area contributed by atoms with Gasteiger partial charge in [-0.05, 0) is 41.5 Å². The average molecular weight is 504 g/mol. The highest BCUT2D eigenvalue weighted by Gasteiger charge is 2.42. The molecule has 0 spiro atoms. The summed E-state index contributed by atoms with van der Waals surface area (Å²) in [7, 11) is 3.17. The number of aliphatic imine (C=N–C) groups is 1. The van der Waals surface area contributed by atoms with E-state index in [2.05, 4.69) is 47.6 Å². The number of ether oxygens (including phenoxy) is 2. The fourth-order valence-electron chi connectivity index (χ4n) is 4.57. The highest BCUT2D eigenvalue weighted by atomic mass is 16.5. The van der Waals surface area contributed by atoms with Crippen LogP contribution < -0.4 is 9.47 Å². The van der Waals surface area contributed by atoms with E-state index in [0.717, 1.165) is 11.1 Å². The minimum absolute atomic E-state index is 0.114. The zero-order valence-electron chi connectivity index (χ0n) is 23.6. The van der Waals surface area contributed by atoms with Crippen molar-refractivity contribution in [3.05, 3.63) is 88.5 Å². The summed E-state index contributed by atoms with van der Waals surface area (Å²) in [5, 5.41) is 23.7. The molecule has 0 bridgehead atoms. The van der Waals surface area contributed by atoms with Crippen molar-refractivity contribution in [2.75, 3.05) is 14.2 Å². The first-order valence-corrected chi connectivity index (χ1v) is 12.7. The van der Waals surface area contributed by atoms with Gasteiger partial charge in [0.25, 0.3) is 0 Å². The number of aromatic hydroxyl groups is 1. The van der Waals surface area contributed by atoms with Gasteiger partial charge < -0.3 is 19.7 Å². The second-order valence-corrected chi connectivity index (χ2v) is 11.6. The molecule has 1 unspecified atom stereocenters. The highest BCUT2D eigenvalue weighted by molar-refractivity contribution is 5.85. The van der Waals surface area contributed by atoms with Crippen LogP contribution >= 0.6 is 0 Å². The molecule has 0 aliphatic carbocycles. The molecule has 0 saturated heterocycles. The van der Waals surface area contributed by atoms with Gasteiger partial charge in [-0.1, -0.05) is 84.0 Å². The first-order valence-electron chi connectivity index (χ1n) is 12.7. The van der Waals surface area contributed by atoms with Crippen LogP contribution in [0.4, 0.5) is 0 Å². The molecule has 0 fully saturated rings. The fraction of sp³-hybridized carbons (Fsp3) is 0.406. The summed E-state index contributed by atoms with van der Waals surface area (Å²) >= 11 is 0. The Balaban J connectivity index is 2.22. The maximum atomic E-state index is 12.4. The quantitative estimate of drug-likeness (QED) is 0.350. The Morgan fingerprint density at radius 3 is 1.68 bits per heavy atom.